The Bertz CT molecular complexity index is 613. The van der Waals surface area contributed by atoms with Gasteiger partial charge < -0.3 is 20.4 Å². The van der Waals surface area contributed by atoms with Crippen LogP contribution >= 0.6 is 12.4 Å². The number of aromatic nitrogens is 1. The Hall–Kier alpha value is -1.13. The molecule has 0 spiro atoms. The van der Waals surface area contributed by atoms with Gasteiger partial charge in [0.05, 0.1) is 13.2 Å². The minimum Gasteiger partial charge on any atom is -0.379 e. The summed E-state index contributed by atoms with van der Waals surface area (Å²) in [6, 6.07) is 1.50. The second kappa shape index (κ2) is 8.65. The first kappa shape index (κ1) is 19.9. The molecule has 1 aliphatic heterocycles. The molecule has 1 fully saturated rings. The predicted octanol–water partition coefficient (Wildman–Crippen LogP) is -0.205. The predicted molar refractivity (Wildman–Crippen MR) is 88.5 cm³/mol. The highest BCUT2D eigenvalue weighted by molar-refractivity contribution is 7.89. The maximum Gasteiger partial charge on any atom is 0.267 e. The Morgan fingerprint density at radius 1 is 1.43 bits per heavy atom. The van der Waals surface area contributed by atoms with Gasteiger partial charge in [-0.05, 0) is 20.0 Å². The van der Waals surface area contributed by atoms with Crippen molar-refractivity contribution in [3.8, 4) is 0 Å². The van der Waals surface area contributed by atoms with Crippen LogP contribution in [-0.4, -0.2) is 69.6 Å². The third kappa shape index (κ3) is 4.92. The third-order valence-corrected chi connectivity index (χ3v) is 5.45. The molecular weight excluding hydrogens is 344 g/mol. The number of hydrogen-bond donors (Lipinski definition) is 3. The van der Waals surface area contributed by atoms with Crippen LogP contribution < -0.4 is 10.6 Å². The molecule has 1 unspecified atom stereocenters. The summed E-state index contributed by atoms with van der Waals surface area (Å²) in [6.07, 6.45) is 1.35. The molecule has 0 aliphatic carbocycles. The number of halogens is 1. The van der Waals surface area contributed by atoms with Crippen molar-refractivity contribution in [2.45, 2.75) is 17.9 Å². The van der Waals surface area contributed by atoms with Crippen molar-refractivity contribution in [3.63, 3.8) is 0 Å². The zero-order chi connectivity index (χ0) is 16.2. The van der Waals surface area contributed by atoms with Gasteiger partial charge in [0.15, 0.2) is 0 Å². The Morgan fingerprint density at radius 3 is 2.70 bits per heavy atom. The SMILES string of the molecule is CNC(C)CNC(=O)c1cc(S(=O)(=O)N2CCOCC2)c[nH]1.Cl. The number of likely N-dealkylation sites (N-methyl/N-ethyl adjacent to an activating group) is 1. The molecule has 1 amide bonds. The normalized spacial score (nSPS) is 17.3. The van der Waals surface area contributed by atoms with Gasteiger partial charge >= 0.3 is 0 Å². The number of nitrogens with zero attached hydrogens (tertiary/aromatic N) is 1. The molecule has 132 valence electrons. The molecule has 23 heavy (non-hydrogen) atoms. The molecule has 1 aromatic heterocycles. The molecule has 1 aliphatic rings. The van der Waals surface area contributed by atoms with Gasteiger partial charge in [-0.15, -0.1) is 12.4 Å². The lowest BCUT2D eigenvalue weighted by atomic mass is 10.3. The second-order valence-corrected chi connectivity index (χ2v) is 7.10. The van der Waals surface area contributed by atoms with Crippen molar-refractivity contribution in [2.24, 2.45) is 0 Å². The van der Waals surface area contributed by atoms with Crippen LogP contribution in [0.3, 0.4) is 0 Å². The first-order chi connectivity index (χ1) is 10.4. The molecule has 1 atom stereocenters. The van der Waals surface area contributed by atoms with E-state index in [1.165, 1.54) is 16.6 Å². The Balaban J connectivity index is 0.00000264. The fourth-order valence-electron chi connectivity index (χ4n) is 2.03. The van der Waals surface area contributed by atoms with Gasteiger partial charge in [0.25, 0.3) is 5.91 Å². The number of aromatic amines is 1. The molecule has 2 heterocycles. The lowest BCUT2D eigenvalue weighted by molar-refractivity contribution is 0.0730. The minimum atomic E-state index is -3.58. The van der Waals surface area contributed by atoms with Crippen LogP contribution in [-0.2, 0) is 14.8 Å². The van der Waals surface area contributed by atoms with Crippen molar-refractivity contribution >= 4 is 28.3 Å². The van der Waals surface area contributed by atoms with Gasteiger partial charge in [0.1, 0.15) is 10.6 Å². The summed E-state index contributed by atoms with van der Waals surface area (Å²) in [4.78, 5) is 14.8. The number of H-pyrrole nitrogens is 1. The van der Waals surface area contributed by atoms with Crippen LogP contribution in [0.4, 0.5) is 0 Å². The average Bonchev–Trinajstić information content (AvgIpc) is 3.04. The molecule has 1 saturated heterocycles. The summed E-state index contributed by atoms with van der Waals surface area (Å²) in [7, 11) is -1.78. The Morgan fingerprint density at radius 2 is 2.09 bits per heavy atom. The van der Waals surface area contributed by atoms with E-state index in [0.717, 1.165) is 0 Å². The zero-order valence-corrected chi connectivity index (χ0v) is 14.8. The molecule has 8 nitrogen and oxygen atoms in total. The van der Waals surface area contributed by atoms with E-state index in [0.29, 0.717) is 32.8 Å². The second-order valence-electron chi connectivity index (χ2n) is 5.17. The van der Waals surface area contributed by atoms with Gasteiger partial charge in [-0.2, -0.15) is 4.31 Å². The number of rotatable bonds is 6. The summed E-state index contributed by atoms with van der Waals surface area (Å²) in [5.41, 5.74) is 0.232. The minimum absolute atomic E-state index is 0. The monoisotopic (exact) mass is 366 g/mol. The molecular formula is C13H23ClN4O4S. The van der Waals surface area contributed by atoms with Crippen LogP contribution in [0.1, 0.15) is 17.4 Å². The molecule has 0 aromatic carbocycles. The van der Waals surface area contributed by atoms with Crippen LogP contribution in [0.25, 0.3) is 0 Å². The average molecular weight is 367 g/mol. The maximum atomic E-state index is 12.4. The molecule has 10 heteroatoms. The molecule has 0 radical (unpaired) electrons. The van der Waals surface area contributed by atoms with E-state index < -0.39 is 10.0 Å². The van der Waals surface area contributed by atoms with E-state index >= 15 is 0 Å². The van der Waals surface area contributed by atoms with Crippen LogP contribution in [0.5, 0.6) is 0 Å². The van der Waals surface area contributed by atoms with Gasteiger partial charge in [0.2, 0.25) is 10.0 Å². The van der Waals surface area contributed by atoms with Crippen molar-refractivity contribution in [3.05, 3.63) is 18.0 Å². The molecule has 2 rings (SSSR count). The highest BCUT2D eigenvalue weighted by Crippen LogP contribution is 2.17. The van der Waals surface area contributed by atoms with Gasteiger partial charge in [-0.25, -0.2) is 8.42 Å². The molecule has 1 aromatic rings. The number of carbonyl (C=O) groups is 1. The number of ether oxygens (including phenoxy) is 1. The molecule has 3 N–H and O–H groups in total. The topological polar surface area (TPSA) is 104 Å². The summed E-state index contributed by atoms with van der Waals surface area (Å²) >= 11 is 0. The molecule has 0 saturated carbocycles. The van der Waals surface area contributed by atoms with Crippen LogP contribution in [0.15, 0.2) is 17.2 Å². The van der Waals surface area contributed by atoms with E-state index in [2.05, 4.69) is 15.6 Å². The Kier molecular flexibility index (Phi) is 7.49. The van der Waals surface area contributed by atoms with Crippen LogP contribution in [0.2, 0.25) is 0 Å². The summed E-state index contributed by atoms with van der Waals surface area (Å²) in [5.74, 6) is -0.328. The standard InChI is InChI=1S/C13H22N4O4S.ClH/c1-10(14-2)8-16-13(18)12-7-11(9-15-12)22(19,20)17-3-5-21-6-4-17;/h7,9-10,14-15H,3-6,8H2,1-2H3,(H,16,18);1H. The van der Waals surface area contributed by atoms with Crippen molar-refractivity contribution < 1.29 is 17.9 Å². The number of morpholine rings is 1. The first-order valence-corrected chi connectivity index (χ1v) is 8.61. The first-order valence-electron chi connectivity index (χ1n) is 7.17. The van der Waals surface area contributed by atoms with E-state index in [-0.39, 0.29) is 34.9 Å². The number of hydrogen-bond acceptors (Lipinski definition) is 5. The van der Waals surface area contributed by atoms with Gasteiger partial charge in [0, 0.05) is 31.9 Å². The zero-order valence-electron chi connectivity index (χ0n) is 13.2. The van der Waals surface area contributed by atoms with Crippen molar-refractivity contribution in [1.29, 1.82) is 0 Å². The lowest BCUT2D eigenvalue weighted by Gasteiger charge is -2.25. The number of nitrogens with one attached hydrogen (secondary N) is 3. The summed E-state index contributed by atoms with van der Waals surface area (Å²) < 4.78 is 31.4. The highest BCUT2D eigenvalue weighted by Gasteiger charge is 2.27. The lowest BCUT2D eigenvalue weighted by Crippen LogP contribution is -2.40. The fourth-order valence-corrected chi connectivity index (χ4v) is 3.44. The van der Waals surface area contributed by atoms with Crippen molar-refractivity contribution in [1.82, 2.24) is 19.9 Å². The van der Waals surface area contributed by atoms with E-state index in [4.69, 9.17) is 4.74 Å². The summed E-state index contributed by atoms with van der Waals surface area (Å²) in [5, 5.41) is 5.74. The Labute approximate surface area is 142 Å². The number of carbonyl (C=O) groups excluding carboxylic acids is 1. The largest absolute Gasteiger partial charge is 0.379 e. The van der Waals surface area contributed by atoms with E-state index in [9.17, 15) is 13.2 Å². The smallest absolute Gasteiger partial charge is 0.267 e. The molecule has 0 bridgehead atoms. The van der Waals surface area contributed by atoms with Gasteiger partial charge in [-0.3, -0.25) is 4.79 Å². The number of amides is 1. The quantitative estimate of drug-likeness (QED) is 0.646. The number of sulfonamides is 1. The maximum absolute atomic E-state index is 12.4. The van der Waals surface area contributed by atoms with Gasteiger partial charge in [-0.1, -0.05) is 0 Å². The fraction of sp³-hybridized carbons (Fsp3) is 0.615. The highest BCUT2D eigenvalue weighted by atomic mass is 35.5. The van der Waals surface area contributed by atoms with Crippen LogP contribution in [0, 0.1) is 0 Å². The van der Waals surface area contributed by atoms with Crippen molar-refractivity contribution in [2.75, 3.05) is 39.9 Å². The summed E-state index contributed by atoms with van der Waals surface area (Å²) in [6.45, 7) is 3.82. The third-order valence-electron chi connectivity index (χ3n) is 3.57. The van der Waals surface area contributed by atoms with E-state index in [1.54, 1.807) is 7.05 Å². The van der Waals surface area contributed by atoms with E-state index in [1.807, 2.05) is 6.92 Å².